The Bertz CT molecular complexity index is 822. The monoisotopic (exact) mass is 362 g/mol. The molecule has 2 aromatic carbocycles. The lowest BCUT2D eigenvalue weighted by Crippen LogP contribution is -2.22. The van der Waals surface area contributed by atoms with Crippen molar-refractivity contribution in [3.8, 4) is 0 Å². The summed E-state index contributed by atoms with van der Waals surface area (Å²) in [6, 6.07) is 8.60. The molecule has 0 aliphatic carbocycles. The first-order valence-electron chi connectivity index (χ1n) is 7.71. The molecule has 2 amide bonds. The summed E-state index contributed by atoms with van der Waals surface area (Å²) in [4.78, 5) is 35.2. The van der Waals surface area contributed by atoms with Gasteiger partial charge in [-0.15, -0.1) is 0 Å². The van der Waals surface area contributed by atoms with Gasteiger partial charge in [-0.05, 0) is 43.3 Å². The third-order valence-electron chi connectivity index (χ3n) is 3.21. The zero-order chi connectivity index (χ0) is 19.1. The molecule has 0 aliphatic heterocycles. The Morgan fingerprint density at radius 3 is 2.23 bits per heavy atom. The number of hydrogen-bond donors (Lipinski definition) is 2. The average molecular weight is 362 g/mol. The first kappa shape index (κ1) is 19.0. The number of carbonyl (C=O) groups is 3. The lowest BCUT2D eigenvalue weighted by atomic mass is 10.2. The normalized spacial score (nSPS) is 10.1. The van der Waals surface area contributed by atoms with Crippen LogP contribution in [0.3, 0.4) is 0 Å². The summed E-state index contributed by atoms with van der Waals surface area (Å²) in [6.07, 6.45) is -0.559. The second kappa shape index (κ2) is 8.70. The van der Waals surface area contributed by atoms with E-state index >= 15 is 0 Å². The quantitative estimate of drug-likeness (QED) is 0.611. The molecule has 0 saturated carbocycles. The van der Waals surface area contributed by atoms with E-state index in [9.17, 15) is 23.2 Å². The third-order valence-corrected chi connectivity index (χ3v) is 3.21. The molecule has 0 radical (unpaired) electrons. The van der Waals surface area contributed by atoms with E-state index in [1.165, 1.54) is 24.3 Å². The van der Waals surface area contributed by atoms with Crippen molar-refractivity contribution in [2.24, 2.45) is 0 Å². The van der Waals surface area contributed by atoms with Crippen LogP contribution >= 0.6 is 0 Å². The standard InChI is InChI=1S/C18H16F2N2O4/c1-2-26-18(25)11-3-6-13(7-4-11)21-16(23)10-17(24)22-15-8-5-12(19)9-14(15)20/h3-9H,2,10H2,1H3,(H,21,23)(H,22,24). The second-order valence-corrected chi connectivity index (χ2v) is 5.20. The van der Waals surface area contributed by atoms with Crippen LogP contribution in [0.5, 0.6) is 0 Å². The van der Waals surface area contributed by atoms with Gasteiger partial charge in [0.2, 0.25) is 11.8 Å². The van der Waals surface area contributed by atoms with Crippen LogP contribution in [0.1, 0.15) is 23.7 Å². The Morgan fingerprint density at radius 1 is 0.962 bits per heavy atom. The van der Waals surface area contributed by atoms with Crippen molar-refractivity contribution in [1.82, 2.24) is 0 Å². The number of hydrogen-bond acceptors (Lipinski definition) is 4. The van der Waals surface area contributed by atoms with Gasteiger partial charge in [-0.3, -0.25) is 9.59 Å². The number of rotatable bonds is 6. The Labute approximate surface area is 148 Å². The summed E-state index contributed by atoms with van der Waals surface area (Å²) < 4.78 is 31.1. The largest absolute Gasteiger partial charge is 0.462 e. The van der Waals surface area contributed by atoms with Gasteiger partial charge >= 0.3 is 5.97 Å². The maximum atomic E-state index is 13.5. The van der Waals surface area contributed by atoms with Crippen molar-refractivity contribution in [2.75, 3.05) is 17.2 Å². The van der Waals surface area contributed by atoms with Gasteiger partial charge in [0.05, 0.1) is 17.9 Å². The van der Waals surface area contributed by atoms with E-state index in [4.69, 9.17) is 4.74 Å². The average Bonchev–Trinajstić information content (AvgIpc) is 2.58. The van der Waals surface area contributed by atoms with Crippen LogP contribution in [-0.4, -0.2) is 24.4 Å². The number of nitrogens with one attached hydrogen (secondary N) is 2. The van der Waals surface area contributed by atoms with Crippen molar-refractivity contribution in [3.63, 3.8) is 0 Å². The second-order valence-electron chi connectivity index (χ2n) is 5.20. The fourth-order valence-electron chi connectivity index (χ4n) is 2.04. The Morgan fingerprint density at radius 2 is 1.62 bits per heavy atom. The molecule has 0 atom stereocenters. The van der Waals surface area contributed by atoms with E-state index in [0.29, 0.717) is 17.3 Å². The number of amides is 2. The van der Waals surface area contributed by atoms with Crippen LogP contribution in [0.4, 0.5) is 20.2 Å². The van der Waals surface area contributed by atoms with Gasteiger partial charge < -0.3 is 15.4 Å². The molecule has 0 fully saturated rings. The van der Waals surface area contributed by atoms with Crippen molar-refractivity contribution in [3.05, 3.63) is 59.7 Å². The fraction of sp³-hybridized carbons (Fsp3) is 0.167. The predicted octanol–water partition coefficient (Wildman–Crippen LogP) is 3.11. The zero-order valence-corrected chi connectivity index (χ0v) is 13.8. The number of anilines is 2. The summed E-state index contributed by atoms with van der Waals surface area (Å²) in [6.45, 7) is 1.94. The van der Waals surface area contributed by atoms with Crippen molar-refractivity contribution in [1.29, 1.82) is 0 Å². The van der Waals surface area contributed by atoms with Gasteiger partial charge in [0, 0.05) is 11.8 Å². The van der Waals surface area contributed by atoms with Crippen LogP contribution in [-0.2, 0) is 14.3 Å². The maximum absolute atomic E-state index is 13.5. The van der Waals surface area contributed by atoms with Gasteiger partial charge in [0.1, 0.15) is 18.1 Å². The molecule has 26 heavy (non-hydrogen) atoms. The van der Waals surface area contributed by atoms with Crippen LogP contribution in [0.25, 0.3) is 0 Å². The SMILES string of the molecule is CCOC(=O)c1ccc(NC(=O)CC(=O)Nc2ccc(F)cc2F)cc1. The van der Waals surface area contributed by atoms with Crippen molar-refractivity contribution in [2.45, 2.75) is 13.3 Å². The van der Waals surface area contributed by atoms with Crippen LogP contribution in [0.15, 0.2) is 42.5 Å². The lowest BCUT2D eigenvalue weighted by molar-refractivity contribution is -0.123. The fourth-order valence-corrected chi connectivity index (χ4v) is 2.04. The van der Waals surface area contributed by atoms with Gasteiger partial charge in [0.25, 0.3) is 0 Å². The molecule has 2 rings (SSSR count). The van der Waals surface area contributed by atoms with Crippen LogP contribution in [0.2, 0.25) is 0 Å². The molecule has 2 aromatic rings. The Kier molecular flexibility index (Phi) is 6.37. The molecular weight excluding hydrogens is 346 g/mol. The smallest absolute Gasteiger partial charge is 0.338 e. The molecule has 8 heteroatoms. The number of esters is 1. The lowest BCUT2D eigenvalue weighted by Gasteiger charge is -2.08. The molecule has 136 valence electrons. The van der Waals surface area contributed by atoms with Gasteiger partial charge in [-0.1, -0.05) is 0 Å². The molecule has 0 aliphatic rings. The Balaban J connectivity index is 1.89. The van der Waals surface area contributed by atoms with Crippen LogP contribution < -0.4 is 10.6 Å². The highest BCUT2D eigenvalue weighted by atomic mass is 19.1. The highest BCUT2D eigenvalue weighted by Gasteiger charge is 2.13. The van der Waals surface area contributed by atoms with E-state index < -0.39 is 35.8 Å². The predicted molar refractivity (Wildman–Crippen MR) is 90.6 cm³/mol. The number of carbonyl (C=O) groups excluding carboxylic acids is 3. The molecule has 6 nitrogen and oxygen atoms in total. The van der Waals surface area contributed by atoms with Crippen molar-refractivity contribution >= 4 is 29.2 Å². The van der Waals surface area contributed by atoms with E-state index in [2.05, 4.69) is 10.6 Å². The minimum Gasteiger partial charge on any atom is -0.462 e. The molecule has 0 unspecified atom stereocenters. The highest BCUT2D eigenvalue weighted by Crippen LogP contribution is 2.15. The maximum Gasteiger partial charge on any atom is 0.338 e. The molecule has 0 saturated heterocycles. The highest BCUT2D eigenvalue weighted by molar-refractivity contribution is 6.08. The van der Waals surface area contributed by atoms with Gasteiger partial charge in [0.15, 0.2) is 0 Å². The number of halogens is 2. The minimum atomic E-state index is -0.937. The van der Waals surface area contributed by atoms with Crippen LogP contribution in [0, 0.1) is 11.6 Å². The molecule has 0 bridgehead atoms. The Hall–Kier alpha value is -3.29. The van der Waals surface area contributed by atoms with Gasteiger partial charge in [-0.25, -0.2) is 13.6 Å². The molecule has 2 N–H and O–H groups in total. The molecule has 0 heterocycles. The van der Waals surface area contributed by atoms with E-state index in [0.717, 1.165) is 12.1 Å². The van der Waals surface area contributed by atoms with Crippen molar-refractivity contribution < 1.29 is 27.9 Å². The topological polar surface area (TPSA) is 84.5 Å². The van der Waals surface area contributed by atoms with E-state index in [1.54, 1.807) is 6.92 Å². The summed E-state index contributed by atoms with van der Waals surface area (Å²) in [5.74, 6) is -3.58. The molecule has 0 spiro atoms. The number of benzene rings is 2. The van der Waals surface area contributed by atoms with E-state index in [-0.39, 0.29) is 12.3 Å². The van der Waals surface area contributed by atoms with E-state index in [1.807, 2.05) is 0 Å². The zero-order valence-electron chi connectivity index (χ0n) is 13.8. The summed E-state index contributed by atoms with van der Waals surface area (Å²) in [5, 5.41) is 4.66. The number of ether oxygens (including phenoxy) is 1. The summed E-state index contributed by atoms with van der Waals surface area (Å²) in [5.41, 5.74) is 0.487. The summed E-state index contributed by atoms with van der Waals surface area (Å²) in [7, 11) is 0. The molecular formula is C18H16F2N2O4. The first-order chi connectivity index (χ1) is 12.4. The molecule has 0 aromatic heterocycles. The minimum absolute atomic E-state index is 0.219. The third kappa shape index (κ3) is 5.37. The first-order valence-corrected chi connectivity index (χ1v) is 7.71. The summed E-state index contributed by atoms with van der Waals surface area (Å²) >= 11 is 0. The van der Waals surface area contributed by atoms with Gasteiger partial charge in [-0.2, -0.15) is 0 Å².